The topological polar surface area (TPSA) is 98.2 Å². The monoisotopic (exact) mass is 421 g/mol. The fourth-order valence-electron chi connectivity index (χ4n) is 3.97. The van der Waals surface area contributed by atoms with E-state index in [1.807, 2.05) is 0 Å². The lowest BCUT2D eigenvalue weighted by Gasteiger charge is -2.18. The largest absolute Gasteiger partial charge is 0.314 e. The van der Waals surface area contributed by atoms with E-state index >= 15 is 0 Å². The van der Waals surface area contributed by atoms with Crippen molar-refractivity contribution in [2.24, 2.45) is 0 Å². The Labute approximate surface area is 179 Å². The zero-order valence-electron chi connectivity index (χ0n) is 17.0. The third-order valence-corrected chi connectivity index (χ3v) is 5.60. The zero-order chi connectivity index (χ0) is 22.0. The molecule has 0 aromatic heterocycles. The van der Waals surface area contributed by atoms with Gasteiger partial charge in [0, 0.05) is 26.2 Å². The molecule has 0 saturated carbocycles. The molecule has 0 atom stereocenters. The lowest BCUT2D eigenvalue weighted by molar-refractivity contribution is -0.0926. The van der Waals surface area contributed by atoms with Gasteiger partial charge in [-0.3, -0.25) is 29.0 Å². The summed E-state index contributed by atoms with van der Waals surface area (Å²) in [5.41, 5.74) is 1.71. The predicted octanol–water partition coefficient (Wildman–Crippen LogP) is 2.44. The molecule has 4 rings (SSSR count). The molecular formula is C23H23N3O5. The van der Waals surface area contributed by atoms with Gasteiger partial charge in [0.25, 0.3) is 23.6 Å². The summed E-state index contributed by atoms with van der Waals surface area (Å²) in [4.78, 5) is 51.7. The van der Waals surface area contributed by atoms with Crippen LogP contribution in [-0.2, 0) is 0 Å². The van der Waals surface area contributed by atoms with Gasteiger partial charge in [-0.05, 0) is 43.5 Å². The molecule has 2 heterocycles. The Morgan fingerprint density at radius 2 is 0.935 bits per heavy atom. The molecule has 4 amide bonds. The van der Waals surface area contributed by atoms with E-state index in [-0.39, 0.29) is 30.2 Å². The highest BCUT2D eigenvalue weighted by Gasteiger charge is 2.35. The fourth-order valence-corrected chi connectivity index (χ4v) is 3.97. The normalized spacial score (nSPS) is 15.3. The quantitative estimate of drug-likeness (QED) is 0.379. The number of hydroxylamine groups is 2. The summed E-state index contributed by atoms with van der Waals surface area (Å²) in [6, 6.07) is 13.5. The number of unbranched alkanes of at least 4 members (excludes halogenated alkanes) is 1. The second-order valence-electron chi connectivity index (χ2n) is 7.63. The zero-order valence-corrected chi connectivity index (χ0v) is 17.0. The van der Waals surface area contributed by atoms with Crippen LogP contribution < -0.4 is 0 Å². The molecule has 0 saturated heterocycles. The van der Waals surface area contributed by atoms with Crippen molar-refractivity contribution in [2.75, 3.05) is 26.2 Å². The van der Waals surface area contributed by atoms with Gasteiger partial charge in [0.05, 0.1) is 22.3 Å². The molecule has 2 aromatic carbocycles. The van der Waals surface area contributed by atoms with Crippen LogP contribution in [0.3, 0.4) is 0 Å². The molecular weight excluding hydrogens is 398 g/mol. The number of hydrogen-bond acceptors (Lipinski definition) is 6. The summed E-state index contributed by atoms with van der Waals surface area (Å²) >= 11 is 0. The van der Waals surface area contributed by atoms with Crippen molar-refractivity contribution in [1.82, 2.24) is 14.9 Å². The number of carbonyl (C=O) groups excluding carboxylic acids is 4. The van der Waals surface area contributed by atoms with Gasteiger partial charge in [-0.25, -0.2) is 0 Å². The molecule has 1 N–H and O–H groups in total. The lowest BCUT2D eigenvalue weighted by Crippen LogP contribution is -2.33. The van der Waals surface area contributed by atoms with Crippen molar-refractivity contribution >= 4 is 23.6 Å². The Morgan fingerprint density at radius 1 is 0.581 bits per heavy atom. The van der Waals surface area contributed by atoms with Crippen molar-refractivity contribution in [2.45, 2.75) is 19.3 Å². The highest BCUT2D eigenvalue weighted by Crippen LogP contribution is 2.23. The summed E-state index contributed by atoms with van der Waals surface area (Å²) in [5, 5.41) is 11.2. The second kappa shape index (κ2) is 8.79. The summed E-state index contributed by atoms with van der Waals surface area (Å²) in [5.74, 6) is -1.15. The van der Waals surface area contributed by atoms with E-state index in [1.54, 1.807) is 48.5 Å². The van der Waals surface area contributed by atoms with Crippen molar-refractivity contribution in [3.63, 3.8) is 0 Å². The van der Waals surface area contributed by atoms with E-state index in [0.29, 0.717) is 61.2 Å². The van der Waals surface area contributed by atoms with Crippen LogP contribution in [0.5, 0.6) is 0 Å². The Morgan fingerprint density at radius 3 is 1.35 bits per heavy atom. The summed E-state index contributed by atoms with van der Waals surface area (Å²) in [6.07, 6.45) is 1.61. The number of amides is 4. The predicted molar refractivity (Wildman–Crippen MR) is 111 cm³/mol. The van der Waals surface area contributed by atoms with Gasteiger partial charge in [0.15, 0.2) is 0 Å². The van der Waals surface area contributed by atoms with Gasteiger partial charge in [-0.2, -0.15) is 5.06 Å². The standard InChI is InChI=1S/C23H23N3O5/c27-20-16-8-1-2-9-17(16)21(28)25(20)14-6-5-12-24(31)13-7-15-26-22(29)18-10-3-4-11-19(18)23(26)30/h1-4,8-11,31H,5-7,12-15H2. The van der Waals surface area contributed by atoms with Crippen LogP contribution in [0.2, 0.25) is 0 Å². The van der Waals surface area contributed by atoms with E-state index in [4.69, 9.17) is 0 Å². The van der Waals surface area contributed by atoms with Crippen LogP contribution in [0.4, 0.5) is 0 Å². The van der Waals surface area contributed by atoms with E-state index in [2.05, 4.69) is 0 Å². The Hall–Kier alpha value is -3.36. The van der Waals surface area contributed by atoms with E-state index in [0.717, 1.165) is 5.06 Å². The lowest BCUT2D eigenvalue weighted by atomic mass is 10.1. The second-order valence-corrected chi connectivity index (χ2v) is 7.63. The minimum atomic E-state index is -0.300. The SMILES string of the molecule is O=C1c2ccccc2C(=O)N1CCCCN(O)CCCN1C(=O)c2ccccc2C1=O. The van der Waals surface area contributed by atoms with Crippen molar-refractivity contribution < 1.29 is 24.4 Å². The first kappa shape index (κ1) is 20.9. The Balaban J connectivity index is 1.16. The van der Waals surface area contributed by atoms with Crippen molar-refractivity contribution in [3.05, 3.63) is 70.8 Å². The molecule has 160 valence electrons. The molecule has 0 bridgehead atoms. The van der Waals surface area contributed by atoms with Crippen LogP contribution in [0.25, 0.3) is 0 Å². The number of imide groups is 2. The fraction of sp³-hybridized carbons (Fsp3) is 0.304. The van der Waals surface area contributed by atoms with Crippen molar-refractivity contribution in [3.8, 4) is 0 Å². The van der Waals surface area contributed by atoms with Crippen LogP contribution in [0, 0.1) is 0 Å². The first-order valence-corrected chi connectivity index (χ1v) is 10.3. The molecule has 31 heavy (non-hydrogen) atoms. The maximum atomic E-state index is 12.3. The molecule has 2 aliphatic heterocycles. The minimum Gasteiger partial charge on any atom is -0.314 e. The summed E-state index contributed by atoms with van der Waals surface area (Å²) in [6.45, 7) is 1.21. The molecule has 0 unspecified atom stereocenters. The minimum absolute atomic E-state index is 0.235. The maximum Gasteiger partial charge on any atom is 0.261 e. The first-order valence-electron chi connectivity index (χ1n) is 10.3. The number of rotatable bonds is 9. The van der Waals surface area contributed by atoms with Gasteiger partial charge in [0.2, 0.25) is 0 Å². The van der Waals surface area contributed by atoms with Crippen molar-refractivity contribution in [1.29, 1.82) is 0 Å². The van der Waals surface area contributed by atoms with E-state index < -0.39 is 0 Å². The summed E-state index contributed by atoms with van der Waals surface area (Å²) < 4.78 is 0. The average Bonchev–Trinajstić information content (AvgIpc) is 3.17. The van der Waals surface area contributed by atoms with Gasteiger partial charge >= 0.3 is 0 Å². The highest BCUT2D eigenvalue weighted by atomic mass is 16.5. The third-order valence-electron chi connectivity index (χ3n) is 5.60. The molecule has 0 radical (unpaired) electrons. The molecule has 2 aliphatic rings. The van der Waals surface area contributed by atoms with Gasteiger partial charge in [-0.1, -0.05) is 24.3 Å². The van der Waals surface area contributed by atoms with Crippen LogP contribution in [0.1, 0.15) is 60.7 Å². The number of carbonyl (C=O) groups is 4. The Bertz CT molecular complexity index is 981. The van der Waals surface area contributed by atoms with Crippen LogP contribution >= 0.6 is 0 Å². The molecule has 2 aromatic rings. The van der Waals surface area contributed by atoms with Gasteiger partial charge in [0.1, 0.15) is 0 Å². The average molecular weight is 421 g/mol. The number of benzene rings is 2. The summed E-state index contributed by atoms with van der Waals surface area (Å²) in [7, 11) is 0. The number of hydrogen-bond donors (Lipinski definition) is 1. The van der Waals surface area contributed by atoms with E-state index in [9.17, 15) is 24.4 Å². The molecule has 0 fully saturated rings. The molecule has 0 spiro atoms. The first-order chi connectivity index (χ1) is 15.0. The highest BCUT2D eigenvalue weighted by molar-refractivity contribution is 6.22. The number of fused-ring (bicyclic) bond motifs is 2. The van der Waals surface area contributed by atoms with Gasteiger partial charge in [-0.15, -0.1) is 0 Å². The third kappa shape index (κ3) is 3.99. The Kier molecular flexibility index (Phi) is 5.92. The molecule has 0 aliphatic carbocycles. The van der Waals surface area contributed by atoms with Crippen LogP contribution in [0.15, 0.2) is 48.5 Å². The van der Waals surface area contributed by atoms with Crippen LogP contribution in [-0.4, -0.2) is 69.9 Å². The smallest absolute Gasteiger partial charge is 0.261 e. The van der Waals surface area contributed by atoms with Gasteiger partial charge < -0.3 is 5.21 Å². The molecule has 8 heteroatoms. The van der Waals surface area contributed by atoms with E-state index in [1.165, 1.54) is 9.80 Å². The molecule has 8 nitrogen and oxygen atoms in total. The maximum absolute atomic E-state index is 12.3. The number of nitrogens with zero attached hydrogens (tertiary/aromatic N) is 3.